The van der Waals surface area contributed by atoms with Crippen LogP contribution in [-0.2, 0) is 17.8 Å². The van der Waals surface area contributed by atoms with Gasteiger partial charge in [0, 0.05) is 30.4 Å². The van der Waals surface area contributed by atoms with Gasteiger partial charge in [-0.05, 0) is 31.0 Å². The molecule has 1 aromatic heterocycles. The lowest BCUT2D eigenvalue weighted by Crippen LogP contribution is -2.44. The van der Waals surface area contributed by atoms with E-state index in [4.69, 9.17) is 4.74 Å². The molecule has 2 aromatic carbocycles. The summed E-state index contributed by atoms with van der Waals surface area (Å²) in [6.07, 6.45) is 0.0547. The number of aromatic carboxylic acids is 1. The van der Waals surface area contributed by atoms with E-state index in [0.717, 1.165) is 9.13 Å². The number of carboxylic acid groups (broad SMARTS) is 1. The summed E-state index contributed by atoms with van der Waals surface area (Å²) in [6, 6.07) is 8.86. The molecular weight excluding hydrogens is 472 g/mol. The topological polar surface area (TPSA) is 154 Å². The molecule has 12 heteroatoms. The number of hydrogen-bond acceptors (Lipinski definition) is 7. The number of carboxylic acids is 1. The number of nitro groups is 1. The van der Waals surface area contributed by atoms with E-state index < -0.39 is 27.7 Å². The zero-order valence-electron chi connectivity index (χ0n) is 19.7. The maximum atomic E-state index is 13.7. The zero-order valence-corrected chi connectivity index (χ0v) is 19.7. The van der Waals surface area contributed by atoms with Crippen LogP contribution < -0.4 is 20.9 Å². The molecule has 0 fully saturated rings. The SMILES string of the molecule is CCc1c(C(=O)O)c(=O)n(Cc2cccc([N+](=O)[O-])c2C)c(=O)n1-c1ccc2c(c1)OCC(=O)N2C. The number of nitrogens with zero attached hydrogens (tertiary/aromatic N) is 4. The molecule has 186 valence electrons. The molecule has 2 heterocycles. The van der Waals surface area contributed by atoms with Gasteiger partial charge >= 0.3 is 11.7 Å². The minimum atomic E-state index is -1.50. The largest absolute Gasteiger partial charge is 0.481 e. The average molecular weight is 494 g/mol. The van der Waals surface area contributed by atoms with Crippen LogP contribution in [0.4, 0.5) is 11.4 Å². The second-order valence-corrected chi connectivity index (χ2v) is 8.20. The number of carbonyl (C=O) groups excluding carboxylic acids is 1. The van der Waals surface area contributed by atoms with Crippen LogP contribution in [0.2, 0.25) is 0 Å². The third kappa shape index (κ3) is 3.91. The Balaban J connectivity index is 1.98. The van der Waals surface area contributed by atoms with Gasteiger partial charge in [0.1, 0.15) is 11.3 Å². The van der Waals surface area contributed by atoms with Gasteiger partial charge in [-0.25, -0.2) is 9.59 Å². The molecule has 12 nitrogen and oxygen atoms in total. The van der Waals surface area contributed by atoms with Gasteiger partial charge in [-0.3, -0.25) is 28.8 Å². The Morgan fingerprint density at radius 1 is 1.19 bits per heavy atom. The van der Waals surface area contributed by atoms with E-state index in [1.165, 1.54) is 42.2 Å². The van der Waals surface area contributed by atoms with Crippen LogP contribution in [0.1, 0.15) is 34.1 Å². The van der Waals surface area contributed by atoms with Gasteiger partial charge in [-0.1, -0.05) is 19.1 Å². The molecule has 0 radical (unpaired) electrons. The minimum Gasteiger partial charge on any atom is -0.481 e. The number of anilines is 1. The molecule has 0 spiro atoms. The molecule has 0 unspecified atom stereocenters. The van der Waals surface area contributed by atoms with Gasteiger partial charge in [-0.2, -0.15) is 0 Å². The summed E-state index contributed by atoms with van der Waals surface area (Å²) in [5.74, 6) is -1.45. The lowest BCUT2D eigenvalue weighted by Gasteiger charge is -2.26. The molecule has 0 atom stereocenters. The van der Waals surface area contributed by atoms with Crippen LogP contribution in [0.5, 0.6) is 5.75 Å². The number of benzene rings is 2. The van der Waals surface area contributed by atoms with Crippen LogP contribution in [0.25, 0.3) is 5.69 Å². The molecule has 3 aromatic rings. The Morgan fingerprint density at radius 3 is 2.56 bits per heavy atom. The van der Waals surface area contributed by atoms with Crippen molar-refractivity contribution in [2.24, 2.45) is 0 Å². The number of rotatable bonds is 6. The van der Waals surface area contributed by atoms with E-state index >= 15 is 0 Å². The standard InChI is InChI=1S/C24H22N4O8/c1-4-16-21(23(31)32)22(30)26(11-14-6-5-7-17(13(14)2)28(34)35)24(33)27(16)15-8-9-18-19(10-15)36-12-20(29)25(18)3/h5-10H,4,11-12H2,1-3H3,(H,31,32). The number of ether oxygens (including phenoxy) is 1. The molecule has 36 heavy (non-hydrogen) atoms. The summed E-state index contributed by atoms with van der Waals surface area (Å²) in [5, 5.41) is 21.2. The van der Waals surface area contributed by atoms with Crippen molar-refractivity contribution >= 4 is 23.3 Å². The average Bonchev–Trinajstić information content (AvgIpc) is 2.84. The Labute approximate surface area is 203 Å². The van der Waals surface area contributed by atoms with Crippen molar-refractivity contribution in [2.45, 2.75) is 26.8 Å². The highest BCUT2D eigenvalue weighted by atomic mass is 16.6. The fraction of sp³-hybridized carbons (Fsp3) is 0.250. The van der Waals surface area contributed by atoms with Crippen molar-refractivity contribution in [2.75, 3.05) is 18.6 Å². The van der Waals surface area contributed by atoms with Crippen LogP contribution in [0.15, 0.2) is 46.0 Å². The molecule has 0 aliphatic carbocycles. The monoisotopic (exact) mass is 494 g/mol. The summed E-state index contributed by atoms with van der Waals surface area (Å²) in [6.45, 7) is 2.55. The molecule has 1 aliphatic heterocycles. The van der Waals surface area contributed by atoms with Gasteiger partial charge in [0.25, 0.3) is 17.2 Å². The lowest BCUT2D eigenvalue weighted by atomic mass is 10.1. The third-order valence-electron chi connectivity index (χ3n) is 6.22. The molecule has 4 rings (SSSR count). The molecule has 0 saturated carbocycles. The quantitative estimate of drug-likeness (QED) is 0.402. The summed E-state index contributed by atoms with van der Waals surface area (Å²) in [7, 11) is 1.58. The number of hydrogen-bond donors (Lipinski definition) is 1. The Morgan fingerprint density at radius 2 is 1.92 bits per heavy atom. The third-order valence-corrected chi connectivity index (χ3v) is 6.22. The van der Waals surface area contributed by atoms with Crippen LogP contribution >= 0.6 is 0 Å². The summed E-state index contributed by atoms with van der Waals surface area (Å²) < 4.78 is 7.38. The number of nitro benzene ring substituents is 1. The fourth-order valence-corrected chi connectivity index (χ4v) is 4.26. The molecule has 0 saturated heterocycles. The fourth-order valence-electron chi connectivity index (χ4n) is 4.26. The van der Waals surface area contributed by atoms with Crippen molar-refractivity contribution in [3.63, 3.8) is 0 Å². The Hall–Kier alpha value is -4.74. The van der Waals surface area contributed by atoms with Gasteiger partial charge in [-0.15, -0.1) is 0 Å². The van der Waals surface area contributed by atoms with Crippen molar-refractivity contribution in [1.82, 2.24) is 9.13 Å². The first-order chi connectivity index (χ1) is 17.1. The summed E-state index contributed by atoms with van der Waals surface area (Å²) in [5.41, 5.74) is -1.30. The van der Waals surface area contributed by atoms with Crippen LogP contribution in [-0.4, -0.2) is 44.7 Å². The van der Waals surface area contributed by atoms with Crippen molar-refractivity contribution in [1.29, 1.82) is 0 Å². The highest BCUT2D eigenvalue weighted by molar-refractivity contribution is 5.97. The van der Waals surface area contributed by atoms with Crippen molar-refractivity contribution < 1.29 is 24.4 Å². The highest BCUT2D eigenvalue weighted by Crippen LogP contribution is 2.33. The minimum absolute atomic E-state index is 0.00953. The maximum Gasteiger partial charge on any atom is 0.343 e. The van der Waals surface area contributed by atoms with E-state index in [-0.39, 0.29) is 48.1 Å². The first kappa shape index (κ1) is 24.4. The molecular formula is C24H22N4O8. The number of amides is 1. The van der Waals surface area contributed by atoms with E-state index in [1.807, 2.05) is 0 Å². The highest BCUT2D eigenvalue weighted by Gasteiger charge is 2.27. The first-order valence-electron chi connectivity index (χ1n) is 11.0. The molecule has 1 N–H and O–H groups in total. The normalized spacial score (nSPS) is 12.8. The van der Waals surface area contributed by atoms with Crippen LogP contribution in [0, 0.1) is 17.0 Å². The van der Waals surface area contributed by atoms with Crippen molar-refractivity contribution in [3.8, 4) is 11.4 Å². The van der Waals surface area contributed by atoms with Gasteiger partial charge in [0.15, 0.2) is 6.61 Å². The molecule has 1 amide bonds. The Bertz CT molecular complexity index is 1550. The first-order valence-corrected chi connectivity index (χ1v) is 11.0. The second-order valence-electron chi connectivity index (χ2n) is 8.20. The predicted molar refractivity (Wildman–Crippen MR) is 128 cm³/mol. The summed E-state index contributed by atoms with van der Waals surface area (Å²) >= 11 is 0. The lowest BCUT2D eigenvalue weighted by molar-refractivity contribution is -0.385. The van der Waals surface area contributed by atoms with Gasteiger partial charge < -0.3 is 14.7 Å². The molecule has 0 bridgehead atoms. The number of likely N-dealkylation sites (N-methyl/N-ethyl adjacent to an activating group) is 1. The number of aromatic nitrogens is 2. The molecule has 1 aliphatic rings. The predicted octanol–water partition coefficient (Wildman–Crippen LogP) is 1.88. The van der Waals surface area contributed by atoms with Gasteiger partial charge in [0.05, 0.1) is 22.8 Å². The Kier molecular flexibility index (Phi) is 6.19. The van der Waals surface area contributed by atoms with Crippen molar-refractivity contribution in [3.05, 3.63) is 89.7 Å². The van der Waals surface area contributed by atoms with Crippen LogP contribution in [0.3, 0.4) is 0 Å². The zero-order chi connectivity index (χ0) is 26.3. The maximum absolute atomic E-state index is 13.7. The van der Waals surface area contributed by atoms with E-state index in [2.05, 4.69) is 0 Å². The second kappa shape index (κ2) is 9.13. The van der Waals surface area contributed by atoms with E-state index in [9.17, 15) is 34.4 Å². The smallest absolute Gasteiger partial charge is 0.343 e. The van der Waals surface area contributed by atoms with Gasteiger partial charge in [0.2, 0.25) is 0 Å². The number of fused-ring (bicyclic) bond motifs is 1. The van der Waals surface area contributed by atoms with E-state index in [1.54, 1.807) is 20.0 Å². The number of carbonyl (C=O) groups is 2. The summed E-state index contributed by atoms with van der Waals surface area (Å²) in [4.78, 5) is 63.1. The van der Waals surface area contributed by atoms with E-state index in [0.29, 0.717) is 17.0 Å².